The van der Waals surface area contributed by atoms with Crippen LogP contribution in [0.4, 0.5) is 0 Å². The van der Waals surface area contributed by atoms with Crippen LogP contribution in [0.15, 0.2) is 0 Å². The molecule has 0 spiro atoms. The van der Waals surface area contributed by atoms with E-state index >= 15 is 0 Å². The summed E-state index contributed by atoms with van der Waals surface area (Å²) in [5.41, 5.74) is 0. The molecule has 96 valence electrons. The van der Waals surface area contributed by atoms with Crippen LogP contribution in [0.3, 0.4) is 0 Å². The molecule has 17 heavy (non-hydrogen) atoms. The monoisotopic (exact) mass is 234 g/mol. The molecule has 2 heteroatoms. The van der Waals surface area contributed by atoms with Crippen LogP contribution in [0.5, 0.6) is 0 Å². The zero-order valence-electron chi connectivity index (χ0n) is 10.9. The molecule has 5 unspecified atom stereocenters. The van der Waals surface area contributed by atoms with Gasteiger partial charge in [0, 0.05) is 31.2 Å². The van der Waals surface area contributed by atoms with Gasteiger partial charge in [-0.15, -0.1) is 0 Å². The van der Waals surface area contributed by atoms with Crippen LogP contribution in [0.1, 0.15) is 51.4 Å². The van der Waals surface area contributed by atoms with Crippen molar-refractivity contribution in [1.82, 2.24) is 10.2 Å². The predicted octanol–water partition coefficient (Wildman–Crippen LogP) is 2.39. The van der Waals surface area contributed by atoms with Crippen molar-refractivity contribution in [2.75, 3.05) is 13.1 Å². The topological polar surface area (TPSA) is 15.3 Å². The normalized spacial score (nSPS) is 49.8. The predicted molar refractivity (Wildman–Crippen MR) is 70.0 cm³/mol. The van der Waals surface area contributed by atoms with E-state index in [1.165, 1.54) is 64.5 Å². The van der Waals surface area contributed by atoms with Gasteiger partial charge in [0.05, 0.1) is 0 Å². The summed E-state index contributed by atoms with van der Waals surface area (Å²) in [6.45, 7) is 2.77. The SMILES string of the molecule is C1CCC2NC(CN3CC4CCC3C4)CC2C1. The van der Waals surface area contributed by atoms with Gasteiger partial charge in [0.25, 0.3) is 0 Å². The summed E-state index contributed by atoms with van der Waals surface area (Å²) in [5, 5.41) is 3.94. The molecule has 2 heterocycles. The second-order valence-corrected chi connectivity index (χ2v) is 7.04. The number of rotatable bonds is 2. The van der Waals surface area contributed by atoms with Crippen LogP contribution in [0, 0.1) is 11.8 Å². The van der Waals surface area contributed by atoms with Gasteiger partial charge in [-0.25, -0.2) is 0 Å². The Balaban J connectivity index is 1.35. The third-order valence-corrected chi connectivity index (χ3v) is 5.92. The Morgan fingerprint density at radius 2 is 1.94 bits per heavy atom. The molecule has 2 nitrogen and oxygen atoms in total. The van der Waals surface area contributed by atoms with Gasteiger partial charge in [-0.05, 0) is 50.4 Å². The van der Waals surface area contributed by atoms with Gasteiger partial charge in [-0.2, -0.15) is 0 Å². The third kappa shape index (κ3) is 1.94. The number of nitrogens with zero attached hydrogens (tertiary/aromatic N) is 1. The van der Waals surface area contributed by atoms with E-state index in [-0.39, 0.29) is 0 Å². The van der Waals surface area contributed by atoms with Gasteiger partial charge < -0.3 is 5.32 Å². The summed E-state index contributed by atoms with van der Waals surface area (Å²) in [6.07, 6.45) is 11.9. The summed E-state index contributed by atoms with van der Waals surface area (Å²) in [6, 6.07) is 2.67. The molecular weight excluding hydrogens is 208 g/mol. The Labute approximate surface area is 105 Å². The maximum Gasteiger partial charge on any atom is 0.0201 e. The highest BCUT2D eigenvalue weighted by molar-refractivity contribution is 4.98. The Morgan fingerprint density at radius 1 is 1.00 bits per heavy atom. The molecule has 2 saturated heterocycles. The van der Waals surface area contributed by atoms with Gasteiger partial charge in [0.15, 0.2) is 0 Å². The first-order valence-electron chi connectivity index (χ1n) is 7.88. The summed E-state index contributed by atoms with van der Waals surface area (Å²) in [7, 11) is 0. The average Bonchev–Trinajstić information content (AvgIpc) is 3.01. The lowest BCUT2D eigenvalue weighted by Gasteiger charge is -2.29. The minimum absolute atomic E-state index is 0.822. The first kappa shape index (κ1) is 10.8. The lowest BCUT2D eigenvalue weighted by Crippen LogP contribution is -2.43. The zero-order chi connectivity index (χ0) is 11.2. The van der Waals surface area contributed by atoms with Crippen molar-refractivity contribution >= 4 is 0 Å². The molecule has 0 aromatic heterocycles. The van der Waals surface area contributed by atoms with E-state index < -0.39 is 0 Å². The van der Waals surface area contributed by atoms with Gasteiger partial charge in [0.2, 0.25) is 0 Å². The van der Waals surface area contributed by atoms with E-state index in [9.17, 15) is 0 Å². The second kappa shape index (κ2) is 4.24. The molecular formula is C15H26N2. The Bertz CT molecular complexity index is 277. The number of fused-ring (bicyclic) bond motifs is 3. The smallest absolute Gasteiger partial charge is 0.0201 e. The van der Waals surface area contributed by atoms with Crippen molar-refractivity contribution in [3.05, 3.63) is 0 Å². The maximum atomic E-state index is 3.94. The first-order valence-corrected chi connectivity index (χ1v) is 7.88. The molecule has 2 bridgehead atoms. The van der Waals surface area contributed by atoms with Crippen molar-refractivity contribution in [2.24, 2.45) is 11.8 Å². The van der Waals surface area contributed by atoms with E-state index in [1.54, 1.807) is 0 Å². The highest BCUT2D eigenvalue weighted by atomic mass is 15.2. The summed E-state index contributed by atoms with van der Waals surface area (Å²) in [4.78, 5) is 2.81. The Hall–Kier alpha value is -0.0800. The van der Waals surface area contributed by atoms with E-state index in [2.05, 4.69) is 10.2 Å². The quantitative estimate of drug-likeness (QED) is 0.789. The number of likely N-dealkylation sites (tertiary alicyclic amines) is 1. The average molecular weight is 234 g/mol. The third-order valence-electron chi connectivity index (χ3n) is 5.92. The number of hydrogen-bond acceptors (Lipinski definition) is 2. The number of piperidine rings is 1. The van der Waals surface area contributed by atoms with Crippen LogP contribution in [-0.2, 0) is 0 Å². The van der Waals surface area contributed by atoms with Gasteiger partial charge in [-0.3, -0.25) is 4.90 Å². The highest BCUT2D eigenvalue weighted by Gasteiger charge is 2.41. The molecule has 5 atom stereocenters. The standard InChI is InChI=1S/C15H26N2/c1-2-4-15-12(3-1)8-13(16-15)10-17-9-11-5-6-14(17)7-11/h11-16H,1-10H2. The summed E-state index contributed by atoms with van der Waals surface area (Å²) in [5.74, 6) is 2.08. The number of hydrogen-bond donors (Lipinski definition) is 1. The van der Waals surface area contributed by atoms with E-state index in [0.29, 0.717) is 0 Å². The highest BCUT2D eigenvalue weighted by Crippen LogP contribution is 2.39. The van der Waals surface area contributed by atoms with Crippen LogP contribution < -0.4 is 5.32 Å². The van der Waals surface area contributed by atoms with Gasteiger partial charge >= 0.3 is 0 Å². The van der Waals surface area contributed by atoms with Crippen molar-refractivity contribution in [3.8, 4) is 0 Å². The van der Waals surface area contributed by atoms with Crippen LogP contribution in [-0.4, -0.2) is 36.1 Å². The fourth-order valence-corrected chi connectivity index (χ4v) is 5.11. The van der Waals surface area contributed by atoms with Crippen molar-refractivity contribution in [1.29, 1.82) is 0 Å². The lowest BCUT2D eigenvalue weighted by atomic mass is 9.85. The minimum atomic E-state index is 0.822. The van der Waals surface area contributed by atoms with E-state index in [4.69, 9.17) is 0 Å². The zero-order valence-corrected chi connectivity index (χ0v) is 10.9. The summed E-state index contributed by atoms with van der Waals surface area (Å²) >= 11 is 0. The first-order chi connectivity index (χ1) is 8.38. The molecule has 2 aliphatic heterocycles. The van der Waals surface area contributed by atoms with E-state index in [0.717, 1.165) is 30.0 Å². The molecule has 0 radical (unpaired) electrons. The Kier molecular flexibility index (Phi) is 2.69. The lowest BCUT2D eigenvalue weighted by molar-refractivity contribution is 0.194. The fraction of sp³-hybridized carbons (Fsp3) is 1.00. The molecule has 4 aliphatic rings. The van der Waals surface area contributed by atoms with Crippen LogP contribution in [0.25, 0.3) is 0 Å². The molecule has 0 aromatic rings. The Morgan fingerprint density at radius 3 is 2.71 bits per heavy atom. The van der Waals surface area contributed by atoms with Gasteiger partial charge in [0.1, 0.15) is 0 Å². The van der Waals surface area contributed by atoms with Crippen LogP contribution >= 0.6 is 0 Å². The molecule has 4 fully saturated rings. The molecule has 4 rings (SSSR count). The molecule has 0 aromatic carbocycles. The van der Waals surface area contributed by atoms with Crippen molar-refractivity contribution in [3.63, 3.8) is 0 Å². The second-order valence-electron chi connectivity index (χ2n) is 7.04. The largest absolute Gasteiger partial charge is 0.310 e. The summed E-state index contributed by atoms with van der Waals surface area (Å²) < 4.78 is 0. The van der Waals surface area contributed by atoms with E-state index in [1.807, 2.05) is 0 Å². The fourth-order valence-electron chi connectivity index (χ4n) is 5.11. The van der Waals surface area contributed by atoms with Gasteiger partial charge in [-0.1, -0.05) is 12.8 Å². The van der Waals surface area contributed by atoms with Crippen LogP contribution in [0.2, 0.25) is 0 Å². The molecule has 1 N–H and O–H groups in total. The van der Waals surface area contributed by atoms with Crippen molar-refractivity contribution < 1.29 is 0 Å². The molecule has 2 saturated carbocycles. The maximum absolute atomic E-state index is 3.94. The molecule has 0 amide bonds. The molecule has 2 aliphatic carbocycles. The number of nitrogens with one attached hydrogen (secondary N) is 1. The van der Waals surface area contributed by atoms with Crippen molar-refractivity contribution in [2.45, 2.75) is 69.5 Å². The minimum Gasteiger partial charge on any atom is -0.310 e.